The fourth-order valence-corrected chi connectivity index (χ4v) is 1.85. The highest BCUT2D eigenvalue weighted by atomic mass is 16.5. The van der Waals surface area contributed by atoms with E-state index in [0.717, 1.165) is 12.8 Å². The largest absolute Gasteiger partial charge is 0.383 e. The molecule has 5 heteroatoms. The predicted octanol–water partition coefficient (Wildman–Crippen LogP) is 1.45. The molecule has 0 aliphatic heterocycles. The third-order valence-electron chi connectivity index (χ3n) is 3.04. The highest BCUT2D eigenvalue weighted by Crippen LogP contribution is 2.13. The molecule has 1 aromatic carbocycles. The van der Waals surface area contributed by atoms with E-state index >= 15 is 0 Å². The molecule has 0 spiro atoms. The smallest absolute Gasteiger partial charge is 0.206 e. The molecule has 0 saturated carbocycles. The Balaban J connectivity index is 2.48. The van der Waals surface area contributed by atoms with Gasteiger partial charge in [0.15, 0.2) is 0 Å². The summed E-state index contributed by atoms with van der Waals surface area (Å²) < 4.78 is 4.97. The van der Waals surface area contributed by atoms with Gasteiger partial charge in [0.1, 0.15) is 0 Å². The maximum Gasteiger partial charge on any atom is 0.206 e. The predicted molar refractivity (Wildman–Crippen MR) is 83.5 cm³/mol. The van der Waals surface area contributed by atoms with Gasteiger partial charge in [-0.2, -0.15) is 0 Å². The highest BCUT2D eigenvalue weighted by molar-refractivity contribution is 5.79. The van der Waals surface area contributed by atoms with Crippen LogP contribution in [0.5, 0.6) is 0 Å². The van der Waals surface area contributed by atoms with Gasteiger partial charge in [0.25, 0.3) is 0 Å². The van der Waals surface area contributed by atoms with E-state index in [-0.39, 0.29) is 5.54 Å². The van der Waals surface area contributed by atoms with Gasteiger partial charge in [-0.1, -0.05) is 30.3 Å². The molecule has 5 nitrogen and oxygen atoms in total. The van der Waals surface area contributed by atoms with Crippen molar-refractivity contribution >= 4 is 5.96 Å². The van der Waals surface area contributed by atoms with Gasteiger partial charge in [0.05, 0.1) is 13.2 Å². The van der Waals surface area contributed by atoms with Crippen LogP contribution in [0.1, 0.15) is 25.8 Å². The summed E-state index contributed by atoms with van der Waals surface area (Å²) in [5.74, 6) is 6.08. The number of guanidine groups is 1. The van der Waals surface area contributed by atoms with Crippen LogP contribution < -0.4 is 16.6 Å². The molecule has 1 rings (SSSR count). The van der Waals surface area contributed by atoms with Gasteiger partial charge in [-0.15, -0.1) is 0 Å². The van der Waals surface area contributed by atoms with E-state index in [1.54, 1.807) is 7.11 Å². The minimum Gasteiger partial charge on any atom is -0.383 e. The maximum atomic E-state index is 5.49. The van der Waals surface area contributed by atoms with Crippen molar-refractivity contribution in [1.82, 2.24) is 10.7 Å². The van der Waals surface area contributed by atoms with E-state index in [0.29, 0.717) is 19.1 Å². The van der Waals surface area contributed by atoms with Crippen LogP contribution in [0, 0.1) is 0 Å². The molecule has 0 radical (unpaired) electrons. The molecule has 0 aromatic heterocycles. The number of rotatable bonds is 7. The summed E-state index contributed by atoms with van der Waals surface area (Å²) in [7, 11) is 1.66. The maximum absolute atomic E-state index is 5.49. The van der Waals surface area contributed by atoms with Crippen LogP contribution >= 0.6 is 0 Å². The number of nitrogens with two attached hydrogens (primary N) is 1. The molecular formula is C15H26N4O. The zero-order valence-electron chi connectivity index (χ0n) is 12.6. The van der Waals surface area contributed by atoms with Crippen molar-refractivity contribution in [1.29, 1.82) is 0 Å². The fraction of sp³-hybridized carbons (Fsp3) is 0.533. The number of benzene rings is 1. The van der Waals surface area contributed by atoms with Crippen molar-refractivity contribution in [2.75, 3.05) is 20.3 Å². The van der Waals surface area contributed by atoms with Crippen molar-refractivity contribution in [3.05, 3.63) is 35.9 Å². The quantitative estimate of drug-likeness (QED) is 0.232. The Morgan fingerprint density at radius 3 is 2.60 bits per heavy atom. The van der Waals surface area contributed by atoms with E-state index in [1.165, 1.54) is 5.56 Å². The van der Waals surface area contributed by atoms with Gasteiger partial charge in [-0.05, 0) is 32.3 Å². The molecule has 1 aromatic rings. The second-order valence-corrected chi connectivity index (χ2v) is 5.36. The summed E-state index contributed by atoms with van der Waals surface area (Å²) in [6.45, 7) is 5.44. The van der Waals surface area contributed by atoms with E-state index in [9.17, 15) is 0 Å². The van der Waals surface area contributed by atoms with Crippen LogP contribution in [0.15, 0.2) is 35.3 Å². The molecule has 0 unspecified atom stereocenters. The van der Waals surface area contributed by atoms with Crippen molar-refractivity contribution < 1.29 is 4.74 Å². The SMILES string of the molecule is COCCN=C(NN)NC(C)(C)CCc1ccccc1. The van der Waals surface area contributed by atoms with Crippen molar-refractivity contribution in [2.24, 2.45) is 10.8 Å². The fourth-order valence-electron chi connectivity index (χ4n) is 1.85. The lowest BCUT2D eigenvalue weighted by atomic mass is 9.95. The van der Waals surface area contributed by atoms with Gasteiger partial charge in [0, 0.05) is 12.6 Å². The lowest BCUT2D eigenvalue weighted by Crippen LogP contribution is -2.51. The summed E-state index contributed by atoms with van der Waals surface area (Å²) in [5.41, 5.74) is 3.84. The minimum atomic E-state index is -0.0892. The molecule has 0 atom stereocenters. The Kier molecular flexibility index (Phi) is 7.04. The number of nitrogens with one attached hydrogen (secondary N) is 2. The number of hydrogen-bond donors (Lipinski definition) is 3. The Labute approximate surface area is 121 Å². The normalized spacial score (nSPS) is 12.3. The zero-order valence-corrected chi connectivity index (χ0v) is 12.6. The first-order valence-corrected chi connectivity index (χ1v) is 6.89. The Bertz CT molecular complexity index is 404. The van der Waals surface area contributed by atoms with E-state index in [4.69, 9.17) is 10.6 Å². The molecule has 0 bridgehead atoms. The van der Waals surface area contributed by atoms with Gasteiger partial charge in [-0.25, -0.2) is 10.8 Å². The molecule has 0 aliphatic rings. The lowest BCUT2D eigenvalue weighted by molar-refractivity contribution is 0.207. The van der Waals surface area contributed by atoms with Crippen molar-refractivity contribution in [2.45, 2.75) is 32.2 Å². The zero-order chi connectivity index (χ0) is 14.8. The van der Waals surface area contributed by atoms with Crippen LogP contribution in [-0.2, 0) is 11.2 Å². The van der Waals surface area contributed by atoms with Gasteiger partial charge < -0.3 is 10.1 Å². The first-order chi connectivity index (χ1) is 9.57. The number of nitrogens with zero attached hydrogens (tertiary/aromatic N) is 1. The van der Waals surface area contributed by atoms with Crippen molar-refractivity contribution in [3.63, 3.8) is 0 Å². The van der Waals surface area contributed by atoms with Crippen LogP contribution in [0.3, 0.4) is 0 Å². The average molecular weight is 278 g/mol. The van der Waals surface area contributed by atoms with E-state index in [1.807, 2.05) is 6.07 Å². The van der Waals surface area contributed by atoms with E-state index < -0.39 is 0 Å². The third-order valence-corrected chi connectivity index (χ3v) is 3.04. The Morgan fingerprint density at radius 2 is 2.00 bits per heavy atom. The molecule has 20 heavy (non-hydrogen) atoms. The number of aliphatic imine (C=N–C) groups is 1. The standard InChI is InChI=1S/C15H26N4O/c1-15(2,10-9-13-7-5-4-6-8-13)18-14(19-16)17-11-12-20-3/h4-8H,9-12,16H2,1-3H3,(H2,17,18,19). The molecule has 0 saturated heterocycles. The van der Waals surface area contributed by atoms with Gasteiger partial charge in [-0.3, -0.25) is 5.43 Å². The molecule has 112 valence electrons. The average Bonchev–Trinajstić information content (AvgIpc) is 2.45. The van der Waals surface area contributed by atoms with Gasteiger partial charge in [0.2, 0.25) is 5.96 Å². The van der Waals surface area contributed by atoms with Gasteiger partial charge >= 0.3 is 0 Å². The summed E-state index contributed by atoms with van der Waals surface area (Å²) in [6, 6.07) is 10.4. The number of methoxy groups -OCH3 is 1. The highest BCUT2D eigenvalue weighted by Gasteiger charge is 2.18. The topological polar surface area (TPSA) is 71.7 Å². The Morgan fingerprint density at radius 1 is 1.30 bits per heavy atom. The molecule has 0 fully saturated rings. The lowest BCUT2D eigenvalue weighted by Gasteiger charge is -2.28. The second kappa shape index (κ2) is 8.55. The number of aryl methyl sites for hydroxylation is 1. The molecule has 0 heterocycles. The monoisotopic (exact) mass is 278 g/mol. The van der Waals surface area contributed by atoms with E-state index in [2.05, 4.69) is 53.8 Å². The third kappa shape index (κ3) is 6.54. The summed E-state index contributed by atoms with van der Waals surface area (Å²) in [5, 5.41) is 3.33. The first kappa shape index (κ1) is 16.5. The van der Waals surface area contributed by atoms with Crippen molar-refractivity contribution in [3.8, 4) is 0 Å². The summed E-state index contributed by atoms with van der Waals surface area (Å²) in [4.78, 5) is 4.32. The van der Waals surface area contributed by atoms with Crippen LogP contribution in [0.2, 0.25) is 0 Å². The Hall–Kier alpha value is -1.59. The number of hydrogen-bond acceptors (Lipinski definition) is 3. The summed E-state index contributed by atoms with van der Waals surface area (Å²) in [6.07, 6.45) is 2.00. The molecule has 0 amide bonds. The minimum absolute atomic E-state index is 0.0892. The number of ether oxygens (including phenoxy) is 1. The van der Waals surface area contributed by atoms with Crippen LogP contribution in [-0.4, -0.2) is 31.8 Å². The molecule has 4 N–H and O–H groups in total. The first-order valence-electron chi connectivity index (χ1n) is 6.89. The number of hydrazine groups is 1. The van der Waals surface area contributed by atoms with Crippen LogP contribution in [0.25, 0.3) is 0 Å². The summed E-state index contributed by atoms with van der Waals surface area (Å²) >= 11 is 0. The van der Waals surface area contributed by atoms with Crippen LogP contribution in [0.4, 0.5) is 0 Å². The second-order valence-electron chi connectivity index (χ2n) is 5.36. The molecular weight excluding hydrogens is 252 g/mol. The molecule has 0 aliphatic carbocycles.